The standard InChI is InChI=1S/C20H21NO4/c1-16-7-3-4-8-19(16)24-14-6-5-13-21-20(22)15-25-18-11-9-17(23-2)10-12-18/h3-4,7-12H,13-15H2,1-2H3,(H,21,22). The first-order chi connectivity index (χ1) is 12.2. The summed E-state index contributed by atoms with van der Waals surface area (Å²) in [5.41, 5.74) is 1.06. The van der Waals surface area contributed by atoms with Crippen molar-refractivity contribution in [2.24, 2.45) is 0 Å². The predicted molar refractivity (Wildman–Crippen MR) is 95.9 cm³/mol. The summed E-state index contributed by atoms with van der Waals surface area (Å²) in [6, 6.07) is 14.8. The van der Waals surface area contributed by atoms with Crippen LogP contribution in [0, 0.1) is 18.8 Å². The first-order valence-electron chi connectivity index (χ1n) is 7.87. The van der Waals surface area contributed by atoms with Gasteiger partial charge in [-0.15, -0.1) is 0 Å². The number of hydrogen-bond acceptors (Lipinski definition) is 4. The van der Waals surface area contributed by atoms with E-state index in [0.29, 0.717) is 5.75 Å². The number of nitrogens with one attached hydrogen (secondary N) is 1. The van der Waals surface area contributed by atoms with Crippen molar-refractivity contribution in [2.45, 2.75) is 6.92 Å². The first-order valence-corrected chi connectivity index (χ1v) is 7.87. The van der Waals surface area contributed by atoms with Crippen LogP contribution in [0.3, 0.4) is 0 Å². The van der Waals surface area contributed by atoms with Crippen LogP contribution in [-0.2, 0) is 4.79 Å². The summed E-state index contributed by atoms with van der Waals surface area (Å²) in [6.45, 7) is 2.45. The van der Waals surface area contributed by atoms with Crippen LogP contribution in [0.2, 0.25) is 0 Å². The van der Waals surface area contributed by atoms with E-state index in [1.807, 2.05) is 31.2 Å². The molecular weight excluding hydrogens is 318 g/mol. The minimum absolute atomic E-state index is 0.0618. The number of amides is 1. The molecule has 5 nitrogen and oxygen atoms in total. The highest BCUT2D eigenvalue weighted by Crippen LogP contribution is 2.17. The molecule has 1 N–H and O–H groups in total. The predicted octanol–water partition coefficient (Wildman–Crippen LogP) is 2.58. The Morgan fingerprint density at radius 1 is 1.00 bits per heavy atom. The van der Waals surface area contributed by atoms with Gasteiger partial charge < -0.3 is 19.5 Å². The van der Waals surface area contributed by atoms with Crippen molar-refractivity contribution in [3.63, 3.8) is 0 Å². The van der Waals surface area contributed by atoms with E-state index >= 15 is 0 Å². The summed E-state index contributed by atoms with van der Waals surface area (Å²) in [5, 5.41) is 2.67. The number of para-hydroxylation sites is 1. The van der Waals surface area contributed by atoms with Crippen molar-refractivity contribution in [1.82, 2.24) is 5.32 Å². The third-order valence-corrected chi connectivity index (χ3v) is 3.32. The normalized spacial score (nSPS) is 9.52. The topological polar surface area (TPSA) is 56.8 Å². The van der Waals surface area contributed by atoms with Gasteiger partial charge in [-0.25, -0.2) is 0 Å². The molecule has 5 heteroatoms. The summed E-state index contributed by atoms with van der Waals surface area (Å²) in [7, 11) is 1.59. The SMILES string of the molecule is COc1ccc(OCC(=O)NCC#CCOc2ccccc2C)cc1. The fourth-order valence-corrected chi connectivity index (χ4v) is 1.96. The maximum Gasteiger partial charge on any atom is 0.258 e. The van der Waals surface area contributed by atoms with E-state index in [1.165, 1.54) is 0 Å². The zero-order valence-electron chi connectivity index (χ0n) is 14.4. The van der Waals surface area contributed by atoms with Gasteiger partial charge in [0, 0.05) is 0 Å². The quantitative estimate of drug-likeness (QED) is 0.788. The molecule has 1 amide bonds. The fraction of sp³-hybridized carbons (Fsp3) is 0.250. The summed E-state index contributed by atoms with van der Waals surface area (Å²) in [5.74, 6) is 7.62. The molecule has 0 saturated heterocycles. The Kier molecular flexibility index (Phi) is 7.20. The number of carbonyl (C=O) groups is 1. The Hall–Kier alpha value is -3.13. The summed E-state index contributed by atoms with van der Waals surface area (Å²) < 4.78 is 16.0. The van der Waals surface area contributed by atoms with Crippen LogP contribution in [0.5, 0.6) is 17.2 Å². The number of carbonyl (C=O) groups excluding carboxylic acids is 1. The van der Waals surface area contributed by atoms with Crippen molar-refractivity contribution in [3.8, 4) is 29.1 Å². The van der Waals surface area contributed by atoms with Gasteiger partial charge in [0.15, 0.2) is 6.61 Å². The van der Waals surface area contributed by atoms with Gasteiger partial charge in [0.2, 0.25) is 0 Å². The molecule has 2 aromatic carbocycles. The Labute approximate surface area is 147 Å². The van der Waals surface area contributed by atoms with Crippen LogP contribution < -0.4 is 19.5 Å². The summed E-state index contributed by atoms with van der Waals surface area (Å²) in [4.78, 5) is 11.7. The molecule has 0 aliphatic carbocycles. The lowest BCUT2D eigenvalue weighted by Gasteiger charge is -2.06. The van der Waals surface area contributed by atoms with E-state index in [9.17, 15) is 4.79 Å². The minimum Gasteiger partial charge on any atom is -0.497 e. The highest BCUT2D eigenvalue weighted by molar-refractivity contribution is 5.77. The summed E-state index contributed by atoms with van der Waals surface area (Å²) >= 11 is 0. The van der Waals surface area contributed by atoms with Crippen molar-refractivity contribution >= 4 is 5.91 Å². The molecule has 2 aromatic rings. The maximum absolute atomic E-state index is 11.7. The number of ether oxygens (including phenoxy) is 3. The van der Waals surface area contributed by atoms with E-state index < -0.39 is 0 Å². The van der Waals surface area contributed by atoms with Crippen molar-refractivity contribution in [2.75, 3.05) is 26.9 Å². The molecule has 0 spiro atoms. The largest absolute Gasteiger partial charge is 0.497 e. The van der Waals surface area contributed by atoms with Crippen molar-refractivity contribution in [1.29, 1.82) is 0 Å². The van der Waals surface area contributed by atoms with Gasteiger partial charge in [0.1, 0.15) is 23.9 Å². The molecule has 0 aromatic heterocycles. The van der Waals surface area contributed by atoms with E-state index in [-0.39, 0.29) is 25.7 Å². The Bertz CT molecular complexity index is 744. The minimum atomic E-state index is -0.232. The third kappa shape index (κ3) is 6.48. The number of rotatable bonds is 7. The second kappa shape index (κ2) is 9.89. The monoisotopic (exact) mass is 339 g/mol. The lowest BCUT2D eigenvalue weighted by molar-refractivity contribution is -0.122. The third-order valence-electron chi connectivity index (χ3n) is 3.32. The van der Waals surface area contributed by atoms with Crippen LogP contribution in [0.4, 0.5) is 0 Å². The lowest BCUT2D eigenvalue weighted by atomic mass is 10.2. The van der Waals surface area contributed by atoms with Crippen LogP contribution in [0.25, 0.3) is 0 Å². The van der Waals surface area contributed by atoms with Crippen LogP contribution >= 0.6 is 0 Å². The molecule has 0 saturated carbocycles. The number of methoxy groups -OCH3 is 1. The van der Waals surface area contributed by atoms with E-state index in [4.69, 9.17) is 14.2 Å². The zero-order valence-corrected chi connectivity index (χ0v) is 14.4. The Morgan fingerprint density at radius 2 is 1.72 bits per heavy atom. The maximum atomic E-state index is 11.7. The second-order valence-electron chi connectivity index (χ2n) is 5.15. The second-order valence-corrected chi connectivity index (χ2v) is 5.15. The highest BCUT2D eigenvalue weighted by Gasteiger charge is 2.01. The van der Waals surface area contributed by atoms with Crippen molar-refractivity contribution in [3.05, 3.63) is 54.1 Å². The van der Waals surface area contributed by atoms with Crippen LogP contribution in [0.1, 0.15) is 5.56 Å². The Balaban J connectivity index is 1.63. The average molecular weight is 339 g/mol. The average Bonchev–Trinajstić information content (AvgIpc) is 2.64. The summed E-state index contributed by atoms with van der Waals surface area (Å²) in [6.07, 6.45) is 0. The van der Waals surface area contributed by atoms with Gasteiger partial charge in [-0.3, -0.25) is 4.79 Å². The molecule has 0 fully saturated rings. The molecule has 0 atom stereocenters. The smallest absolute Gasteiger partial charge is 0.258 e. The number of benzene rings is 2. The van der Waals surface area contributed by atoms with Crippen LogP contribution in [-0.4, -0.2) is 32.8 Å². The molecule has 0 bridgehead atoms. The van der Waals surface area contributed by atoms with Crippen molar-refractivity contribution < 1.29 is 19.0 Å². The molecule has 0 unspecified atom stereocenters. The molecule has 0 heterocycles. The highest BCUT2D eigenvalue weighted by atomic mass is 16.5. The van der Waals surface area contributed by atoms with Gasteiger partial charge in [-0.1, -0.05) is 30.0 Å². The van der Waals surface area contributed by atoms with Gasteiger partial charge >= 0.3 is 0 Å². The van der Waals surface area contributed by atoms with Gasteiger partial charge in [-0.2, -0.15) is 0 Å². The zero-order chi connectivity index (χ0) is 17.9. The molecule has 130 valence electrons. The molecule has 0 aliphatic rings. The van der Waals surface area contributed by atoms with E-state index in [1.54, 1.807) is 31.4 Å². The molecule has 0 radical (unpaired) electrons. The number of aryl methyl sites for hydroxylation is 1. The molecule has 0 aliphatic heterocycles. The van der Waals surface area contributed by atoms with Gasteiger partial charge in [0.05, 0.1) is 13.7 Å². The first kappa shape index (κ1) is 18.2. The van der Waals surface area contributed by atoms with Gasteiger partial charge in [-0.05, 0) is 42.8 Å². The van der Waals surface area contributed by atoms with Gasteiger partial charge in [0.25, 0.3) is 5.91 Å². The van der Waals surface area contributed by atoms with E-state index in [0.717, 1.165) is 17.1 Å². The Morgan fingerprint density at radius 3 is 2.44 bits per heavy atom. The van der Waals surface area contributed by atoms with E-state index in [2.05, 4.69) is 17.2 Å². The van der Waals surface area contributed by atoms with Crippen LogP contribution in [0.15, 0.2) is 48.5 Å². The fourth-order valence-electron chi connectivity index (χ4n) is 1.96. The number of hydrogen-bond donors (Lipinski definition) is 1. The lowest BCUT2D eigenvalue weighted by Crippen LogP contribution is -2.29. The molecule has 25 heavy (non-hydrogen) atoms. The molecular formula is C20H21NO4. The molecule has 2 rings (SSSR count).